The van der Waals surface area contributed by atoms with Gasteiger partial charge in [-0.25, -0.2) is 4.79 Å². The fraction of sp³-hybridized carbons (Fsp3) is 0.474. The summed E-state index contributed by atoms with van der Waals surface area (Å²) in [6.07, 6.45) is 11.6. The number of nitrogen functional groups attached to an aromatic ring is 1. The van der Waals surface area contributed by atoms with Crippen LogP contribution in [0.1, 0.15) is 42.5 Å². The molecule has 0 bridgehead atoms. The van der Waals surface area contributed by atoms with E-state index in [-0.39, 0.29) is 23.1 Å². The fourth-order valence-corrected chi connectivity index (χ4v) is 3.61. The number of nitrogens with zero attached hydrogens (tertiary/aromatic N) is 3. The smallest absolute Gasteiger partial charge is 0.339 e. The number of pyridine rings is 1. The van der Waals surface area contributed by atoms with Crippen LogP contribution in [0.15, 0.2) is 24.8 Å². The first-order valence-electron chi connectivity index (χ1n) is 9.50. The average molecular weight is 386 g/mol. The minimum absolute atomic E-state index is 0.0470. The van der Waals surface area contributed by atoms with E-state index in [2.05, 4.69) is 15.4 Å². The van der Waals surface area contributed by atoms with E-state index in [4.69, 9.17) is 16.6 Å². The highest BCUT2D eigenvalue weighted by Gasteiger charge is 2.25. The lowest BCUT2D eigenvalue weighted by Gasteiger charge is -2.26. The number of rotatable bonds is 7. The molecule has 1 aliphatic carbocycles. The molecular formula is C19H26N6O3. The molecule has 28 heavy (non-hydrogen) atoms. The number of amides is 1. The van der Waals surface area contributed by atoms with Gasteiger partial charge in [0.25, 0.3) is 0 Å². The van der Waals surface area contributed by atoms with Gasteiger partial charge in [0.05, 0.1) is 24.5 Å². The number of anilines is 1. The zero-order valence-electron chi connectivity index (χ0n) is 15.7. The average Bonchev–Trinajstić information content (AvgIpc) is 3.16. The van der Waals surface area contributed by atoms with E-state index in [0.717, 1.165) is 25.7 Å². The monoisotopic (exact) mass is 386 g/mol. The summed E-state index contributed by atoms with van der Waals surface area (Å²) in [5.41, 5.74) is 13.3. The number of carboxylic acids is 1. The molecule has 2 heterocycles. The zero-order valence-corrected chi connectivity index (χ0v) is 15.7. The third-order valence-electron chi connectivity index (χ3n) is 5.26. The highest BCUT2D eigenvalue weighted by Crippen LogP contribution is 2.27. The van der Waals surface area contributed by atoms with Gasteiger partial charge >= 0.3 is 5.97 Å². The Bertz CT molecular complexity index is 844. The molecule has 2 aromatic rings. The lowest BCUT2D eigenvalue weighted by Crippen LogP contribution is -2.46. The molecule has 2 aromatic heterocycles. The van der Waals surface area contributed by atoms with Gasteiger partial charge in [-0.05, 0) is 18.8 Å². The van der Waals surface area contributed by atoms with Crippen LogP contribution in [0, 0.1) is 5.92 Å². The van der Waals surface area contributed by atoms with Gasteiger partial charge in [-0.15, -0.1) is 0 Å². The molecule has 0 radical (unpaired) electrons. The Morgan fingerprint density at radius 1 is 1.25 bits per heavy atom. The molecule has 0 aromatic carbocycles. The fourth-order valence-electron chi connectivity index (χ4n) is 3.61. The number of carbonyl (C=O) groups excluding carboxylic acids is 1. The molecular weight excluding hydrogens is 360 g/mol. The normalized spacial score (nSPS) is 15.9. The van der Waals surface area contributed by atoms with Crippen molar-refractivity contribution in [2.75, 3.05) is 12.3 Å². The van der Waals surface area contributed by atoms with Crippen LogP contribution in [0.5, 0.6) is 0 Å². The van der Waals surface area contributed by atoms with Crippen molar-refractivity contribution in [2.45, 2.75) is 44.7 Å². The first kappa shape index (κ1) is 19.8. The van der Waals surface area contributed by atoms with E-state index in [1.165, 1.54) is 18.8 Å². The van der Waals surface area contributed by atoms with E-state index in [9.17, 15) is 9.59 Å². The van der Waals surface area contributed by atoms with Crippen molar-refractivity contribution in [3.63, 3.8) is 0 Å². The number of nitrogens with two attached hydrogens (primary N) is 2. The number of carboxylic acid groups (broad SMARTS) is 1. The molecule has 1 atom stereocenters. The van der Waals surface area contributed by atoms with Crippen molar-refractivity contribution in [2.24, 2.45) is 11.7 Å². The minimum atomic E-state index is -1.13. The zero-order chi connectivity index (χ0) is 20.1. The summed E-state index contributed by atoms with van der Waals surface area (Å²) >= 11 is 0. The minimum Gasteiger partial charge on any atom is -0.478 e. The number of hydrogen-bond donors (Lipinski definition) is 4. The number of aromatic nitrogens is 3. The maximum Gasteiger partial charge on any atom is 0.339 e. The molecule has 1 aliphatic rings. The lowest BCUT2D eigenvalue weighted by molar-refractivity contribution is -0.123. The molecule has 0 spiro atoms. The van der Waals surface area contributed by atoms with Crippen LogP contribution < -0.4 is 16.8 Å². The van der Waals surface area contributed by atoms with Gasteiger partial charge in [0, 0.05) is 36.3 Å². The Balaban J connectivity index is 1.56. The summed E-state index contributed by atoms with van der Waals surface area (Å²) in [4.78, 5) is 27.4. The van der Waals surface area contributed by atoms with E-state index >= 15 is 0 Å². The molecule has 1 fully saturated rings. The summed E-state index contributed by atoms with van der Waals surface area (Å²) in [6.45, 7) is 0.873. The van der Waals surface area contributed by atoms with Gasteiger partial charge in [0.15, 0.2) is 0 Å². The van der Waals surface area contributed by atoms with Gasteiger partial charge in [-0.2, -0.15) is 5.10 Å². The molecule has 9 nitrogen and oxygen atoms in total. The Morgan fingerprint density at radius 2 is 2.00 bits per heavy atom. The lowest BCUT2D eigenvalue weighted by atomic mass is 9.84. The molecule has 1 saturated carbocycles. The summed E-state index contributed by atoms with van der Waals surface area (Å²) in [5, 5.41) is 16.3. The van der Waals surface area contributed by atoms with Crippen molar-refractivity contribution in [3.05, 3.63) is 30.4 Å². The molecule has 0 unspecified atom stereocenters. The first-order chi connectivity index (χ1) is 13.5. The standard InChI is InChI=1S/C19H26N6O3/c20-16(12-4-2-1-3-5-12)18(26)23-6-7-25-11-13(8-24-25)14-9-22-10-15(17(14)21)19(27)28/h8-12,16H,1-7,20H2,(H2,21,22)(H,23,26)(H,27,28)/t16-/m0/s1. The predicted octanol–water partition coefficient (Wildman–Crippen LogP) is 1.25. The second kappa shape index (κ2) is 8.83. The third kappa shape index (κ3) is 4.48. The number of aromatic carboxylic acids is 1. The van der Waals surface area contributed by atoms with Crippen molar-refractivity contribution in [1.29, 1.82) is 0 Å². The van der Waals surface area contributed by atoms with Crippen molar-refractivity contribution in [3.8, 4) is 11.1 Å². The van der Waals surface area contributed by atoms with Crippen molar-refractivity contribution < 1.29 is 14.7 Å². The van der Waals surface area contributed by atoms with E-state index in [1.54, 1.807) is 17.1 Å². The summed E-state index contributed by atoms with van der Waals surface area (Å²) in [6, 6.07) is -0.460. The molecule has 0 saturated heterocycles. The first-order valence-corrected chi connectivity index (χ1v) is 9.50. The Kier molecular flexibility index (Phi) is 6.25. The van der Waals surface area contributed by atoms with E-state index < -0.39 is 12.0 Å². The summed E-state index contributed by atoms with van der Waals surface area (Å²) in [5.74, 6) is -0.986. The largest absolute Gasteiger partial charge is 0.478 e. The van der Waals surface area contributed by atoms with Crippen LogP contribution >= 0.6 is 0 Å². The van der Waals surface area contributed by atoms with Crippen LogP contribution in [-0.4, -0.2) is 44.3 Å². The molecule has 6 N–H and O–H groups in total. The predicted molar refractivity (Wildman–Crippen MR) is 104 cm³/mol. The topological polar surface area (TPSA) is 149 Å². The molecule has 0 aliphatic heterocycles. The van der Waals surface area contributed by atoms with E-state index in [1.807, 2.05) is 0 Å². The van der Waals surface area contributed by atoms with Gasteiger partial charge in [-0.3, -0.25) is 14.5 Å². The number of nitrogens with one attached hydrogen (secondary N) is 1. The Labute approximate surface area is 163 Å². The van der Waals surface area contributed by atoms with Crippen LogP contribution in [-0.2, 0) is 11.3 Å². The van der Waals surface area contributed by atoms with Crippen LogP contribution in [0.4, 0.5) is 5.69 Å². The molecule has 9 heteroatoms. The molecule has 1 amide bonds. The third-order valence-corrected chi connectivity index (χ3v) is 5.26. The Morgan fingerprint density at radius 3 is 2.71 bits per heavy atom. The van der Waals surface area contributed by atoms with E-state index in [0.29, 0.717) is 24.2 Å². The maximum absolute atomic E-state index is 12.3. The number of hydrogen-bond acceptors (Lipinski definition) is 6. The van der Waals surface area contributed by atoms with Gasteiger partial charge in [0.2, 0.25) is 5.91 Å². The van der Waals surface area contributed by atoms with Crippen LogP contribution in [0.3, 0.4) is 0 Å². The maximum atomic E-state index is 12.3. The SMILES string of the molecule is Nc1c(C(=O)O)cncc1-c1cnn(CCNC(=O)[C@@H](N)C2CCCCC2)c1. The van der Waals surface area contributed by atoms with Gasteiger partial charge in [0.1, 0.15) is 5.56 Å². The second-order valence-electron chi connectivity index (χ2n) is 7.16. The Hall–Kier alpha value is -2.94. The summed E-state index contributed by atoms with van der Waals surface area (Å²) in [7, 11) is 0. The second-order valence-corrected chi connectivity index (χ2v) is 7.16. The van der Waals surface area contributed by atoms with Crippen molar-refractivity contribution >= 4 is 17.6 Å². The highest BCUT2D eigenvalue weighted by molar-refractivity contribution is 5.97. The summed E-state index contributed by atoms with van der Waals surface area (Å²) < 4.78 is 1.66. The molecule has 150 valence electrons. The quantitative estimate of drug-likeness (QED) is 0.559. The van der Waals surface area contributed by atoms with Gasteiger partial charge in [-0.1, -0.05) is 19.3 Å². The van der Waals surface area contributed by atoms with Crippen molar-refractivity contribution in [1.82, 2.24) is 20.1 Å². The van der Waals surface area contributed by atoms with Crippen LogP contribution in [0.25, 0.3) is 11.1 Å². The molecule has 3 rings (SSSR count). The van der Waals surface area contributed by atoms with Gasteiger partial charge < -0.3 is 21.9 Å². The number of carbonyl (C=O) groups is 2. The van der Waals surface area contributed by atoms with Crippen LogP contribution in [0.2, 0.25) is 0 Å². The highest BCUT2D eigenvalue weighted by atomic mass is 16.4.